The van der Waals surface area contributed by atoms with Crippen molar-refractivity contribution in [3.05, 3.63) is 35.4 Å². The number of benzene rings is 1. The van der Waals surface area contributed by atoms with Crippen LogP contribution in [-0.4, -0.2) is 60.9 Å². The number of likely N-dealkylation sites (N-methyl/N-ethyl adjacent to an activating group) is 1. The van der Waals surface area contributed by atoms with Crippen LogP contribution >= 0.6 is 0 Å². The van der Waals surface area contributed by atoms with Crippen molar-refractivity contribution in [1.82, 2.24) is 15.1 Å². The summed E-state index contributed by atoms with van der Waals surface area (Å²) in [5.41, 5.74) is 2.33. The topological polar surface area (TPSA) is 52.6 Å². The molecule has 1 unspecified atom stereocenters. The maximum Gasteiger partial charge on any atom is 0.227 e. The summed E-state index contributed by atoms with van der Waals surface area (Å²) in [6, 6.07) is 8.40. The minimum Gasteiger partial charge on any atom is -0.355 e. The van der Waals surface area contributed by atoms with Crippen molar-refractivity contribution in [2.45, 2.75) is 58.3 Å². The van der Waals surface area contributed by atoms with E-state index in [0.717, 1.165) is 51.1 Å². The molecule has 1 aromatic carbocycles. The van der Waals surface area contributed by atoms with Gasteiger partial charge in [-0.1, -0.05) is 56.0 Å². The number of amides is 2. The number of aryl methyl sites for hydroxylation is 1. The molecule has 1 aliphatic carbocycles. The molecule has 0 radical (unpaired) electrons. The number of hydrogen-bond acceptors (Lipinski definition) is 3. The van der Waals surface area contributed by atoms with Gasteiger partial charge in [0.05, 0.1) is 5.92 Å². The minimum absolute atomic E-state index is 0.0874. The summed E-state index contributed by atoms with van der Waals surface area (Å²) in [4.78, 5) is 29.9. The molecule has 1 atom stereocenters. The number of carbonyl (C=O) groups is 2. The Morgan fingerprint density at radius 3 is 2.31 bits per heavy atom. The molecule has 2 amide bonds. The van der Waals surface area contributed by atoms with Gasteiger partial charge >= 0.3 is 0 Å². The molecule has 1 saturated carbocycles. The van der Waals surface area contributed by atoms with Crippen molar-refractivity contribution < 1.29 is 9.59 Å². The highest BCUT2D eigenvalue weighted by molar-refractivity contribution is 5.85. The Kier molecular flexibility index (Phi) is 8.10. The van der Waals surface area contributed by atoms with E-state index in [1.807, 2.05) is 4.90 Å². The van der Waals surface area contributed by atoms with E-state index in [4.69, 9.17) is 0 Å². The van der Waals surface area contributed by atoms with Crippen LogP contribution in [0.4, 0.5) is 0 Å². The van der Waals surface area contributed by atoms with Gasteiger partial charge in [0, 0.05) is 39.1 Å². The van der Waals surface area contributed by atoms with E-state index < -0.39 is 0 Å². The molecule has 29 heavy (non-hydrogen) atoms. The molecule has 0 aromatic heterocycles. The fraction of sp³-hybridized carbons (Fsp3) is 0.667. The largest absolute Gasteiger partial charge is 0.355 e. The third kappa shape index (κ3) is 6.05. The first kappa shape index (κ1) is 21.8. The molecular formula is C24H37N3O2. The first-order valence-corrected chi connectivity index (χ1v) is 11.4. The van der Waals surface area contributed by atoms with E-state index in [1.54, 1.807) is 0 Å². The van der Waals surface area contributed by atoms with Crippen LogP contribution in [0.5, 0.6) is 0 Å². The second kappa shape index (κ2) is 10.8. The summed E-state index contributed by atoms with van der Waals surface area (Å²) in [7, 11) is 0. The summed E-state index contributed by atoms with van der Waals surface area (Å²) in [6.07, 6.45) is 6.33. The lowest BCUT2D eigenvalue weighted by Crippen LogP contribution is -2.49. The van der Waals surface area contributed by atoms with E-state index in [1.165, 1.54) is 24.8 Å². The van der Waals surface area contributed by atoms with Gasteiger partial charge in [0.15, 0.2) is 0 Å². The molecule has 1 saturated heterocycles. The molecule has 1 aliphatic heterocycles. The SMILES string of the molecule is CCN1CCN(C(=O)CCNC(=O)C(c2ccc(C)cc2)C2CCCCC2)CC1. The Morgan fingerprint density at radius 2 is 1.69 bits per heavy atom. The first-order chi connectivity index (χ1) is 14.1. The van der Waals surface area contributed by atoms with Gasteiger partial charge in [-0.2, -0.15) is 0 Å². The fourth-order valence-corrected chi connectivity index (χ4v) is 4.75. The molecule has 5 heteroatoms. The molecule has 5 nitrogen and oxygen atoms in total. The van der Waals surface area contributed by atoms with Crippen molar-refractivity contribution in [2.24, 2.45) is 5.92 Å². The van der Waals surface area contributed by atoms with Crippen molar-refractivity contribution >= 4 is 11.8 Å². The predicted octanol–water partition coefficient (Wildman–Crippen LogP) is 3.33. The van der Waals surface area contributed by atoms with Crippen LogP contribution in [0.3, 0.4) is 0 Å². The number of nitrogens with one attached hydrogen (secondary N) is 1. The van der Waals surface area contributed by atoms with Crippen molar-refractivity contribution in [3.63, 3.8) is 0 Å². The zero-order chi connectivity index (χ0) is 20.6. The first-order valence-electron chi connectivity index (χ1n) is 11.4. The Bertz CT molecular complexity index is 659. The van der Waals surface area contributed by atoms with Crippen LogP contribution in [0.2, 0.25) is 0 Å². The van der Waals surface area contributed by atoms with E-state index in [2.05, 4.69) is 48.3 Å². The monoisotopic (exact) mass is 399 g/mol. The van der Waals surface area contributed by atoms with Crippen LogP contribution in [0.15, 0.2) is 24.3 Å². The molecule has 2 aliphatic rings. The van der Waals surface area contributed by atoms with Gasteiger partial charge in [0.1, 0.15) is 0 Å². The third-order valence-electron chi connectivity index (χ3n) is 6.65. The second-order valence-corrected chi connectivity index (χ2v) is 8.64. The summed E-state index contributed by atoms with van der Waals surface area (Å²) < 4.78 is 0. The van der Waals surface area contributed by atoms with E-state index >= 15 is 0 Å². The van der Waals surface area contributed by atoms with Gasteiger partial charge < -0.3 is 15.1 Å². The molecule has 1 heterocycles. The molecule has 0 bridgehead atoms. The van der Waals surface area contributed by atoms with Crippen molar-refractivity contribution in [2.75, 3.05) is 39.3 Å². The molecular weight excluding hydrogens is 362 g/mol. The van der Waals surface area contributed by atoms with Gasteiger partial charge in [-0.15, -0.1) is 0 Å². The summed E-state index contributed by atoms with van der Waals surface area (Å²) >= 11 is 0. The Labute approximate surface area is 175 Å². The predicted molar refractivity (Wildman–Crippen MR) is 117 cm³/mol. The Morgan fingerprint density at radius 1 is 1.03 bits per heavy atom. The summed E-state index contributed by atoms with van der Waals surface area (Å²) in [5, 5.41) is 3.09. The highest BCUT2D eigenvalue weighted by atomic mass is 16.2. The van der Waals surface area contributed by atoms with Crippen molar-refractivity contribution in [1.29, 1.82) is 0 Å². The van der Waals surface area contributed by atoms with E-state index in [0.29, 0.717) is 18.9 Å². The second-order valence-electron chi connectivity index (χ2n) is 8.64. The number of hydrogen-bond donors (Lipinski definition) is 1. The quantitative estimate of drug-likeness (QED) is 0.765. The smallest absolute Gasteiger partial charge is 0.227 e. The van der Waals surface area contributed by atoms with Gasteiger partial charge in [-0.25, -0.2) is 0 Å². The fourth-order valence-electron chi connectivity index (χ4n) is 4.75. The number of nitrogens with zero attached hydrogens (tertiary/aromatic N) is 2. The van der Waals surface area contributed by atoms with Crippen LogP contribution in [0.25, 0.3) is 0 Å². The lowest BCUT2D eigenvalue weighted by atomic mass is 9.76. The Hall–Kier alpha value is -1.88. The lowest BCUT2D eigenvalue weighted by molar-refractivity contribution is -0.133. The van der Waals surface area contributed by atoms with Crippen LogP contribution in [0, 0.1) is 12.8 Å². The average molecular weight is 400 g/mol. The molecule has 1 N–H and O–H groups in total. The molecule has 0 spiro atoms. The molecule has 3 rings (SSSR count). The van der Waals surface area contributed by atoms with E-state index in [9.17, 15) is 9.59 Å². The van der Waals surface area contributed by atoms with Gasteiger partial charge in [0.25, 0.3) is 0 Å². The van der Waals surface area contributed by atoms with Crippen molar-refractivity contribution in [3.8, 4) is 0 Å². The minimum atomic E-state index is -0.0981. The summed E-state index contributed by atoms with van der Waals surface area (Å²) in [5.74, 6) is 0.554. The molecule has 2 fully saturated rings. The zero-order valence-electron chi connectivity index (χ0n) is 18.2. The highest BCUT2D eigenvalue weighted by Crippen LogP contribution is 2.36. The number of rotatable bonds is 7. The standard InChI is InChI=1S/C24H37N3O2/c1-3-26-15-17-27(18-16-26)22(28)13-14-25-24(29)23(20-7-5-4-6-8-20)21-11-9-19(2)10-12-21/h9-12,20,23H,3-8,13-18H2,1-2H3,(H,25,29). The van der Waals surface area contributed by atoms with E-state index in [-0.39, 0.29) is 17.7 Å². The summed E-state index contributed by atoms with van der Waals surface area (Å²) in [6.45, 7) is 9.20. The molecule has 1 aromatic rings. The van der Waals surface area contributed by atoms with Gasteiger partial charge in [0.2, 0.25) is 11.8 Å². The highest BCUT2D eigenvalue weighted by Gasteiger charge is 2.31. The van der Waals surface area contributed by atoms with Gasteiger partial charge in [-0.05, 0) is 37.8 Å². The number of carbonyl (C=O) groups excluding carboxylic acids is 2. The normalized spacial score (nSPS) is 19.7. The number of piperazine rings is 1. The Balaban J connectivity index is 1.54. The third-order valence-corrected chi connectivity index (χ3v) is 6.65. The lowest BCUT2D eigenvalue weighted by Gasteiger charge is -2.34. The molecule has 160 valence electrons. The van der Waals surface area contributed by atoms with Crippen LogP contribution in [-0.2, 0) is 9.59 Å². The zero-order valence-corrected chi connectivity index (χ0v) is 18.2. The van der Waals surface area contributed by atoms with Gasteiger partial charge in [-0.3, -0.25) is 9.59 Å². The van der Waals surface area contributed by atoms with Crippen LogP contribution in [0.1, 0.15) is 62.5 Å². The maximum atomic E-state index is 13.1. The average Bonchev–Trinajstić information content (AvgIpc) is 2.76. The maximum absolute atomic E-state index is 13.1. The van der Waals surface area contributed by atoms with Crippen LogP contribution < -0.4 is 5.32 Å².